The molecule has 0 aliphatic carbocycles. The second-order valence-electron chi connectivity index (χ2n) is 5.67. The fraction of sp³-hybridized carbons (Fsp3) is 0.375. The molecule has 7 heteroatoms. The van der Waals surface area contributed by atoms with Gasteiger partial charge in [0, 0.05) is 30.9 Å². The van der Waals surface area contributed by atoms with E-state index in [0.29, 0.717) is 19.5 Å². The zero-order valence-corrected chi connectivity index (χ0v) is 13.3. The Morgan fingerprint density at radius 1 is 1.26 bits per heavy atom. The first kappa shape index (κ1) is 15.2. The minimum atomic E-state index is -0.0219. The van der Waals surface area contributed by atoms with Crippen LogP contribution >= 0.6 is 0 Å². The fourth-order valence-electron chi connectivity index (χ4n) is 2.54. The van der Waals surface area contributed by atoms with Crippen LogP contribution in [0.25, 0.3) is 11.0 Å². The van der Waals surface area contributed by atoms with Gasteiger partial charge in [-0.2, -0.15) is 5.10 Å². The number of fused-ring (bicyclic) bond motifs is 1. The Morgan fingerprint density at radius 3 is 2.87 bits per heavy atom. The summed E-state index contributed by atoms with van der Waals surface area (Å²) in [6, 6.07) is 9.70. The van der Waals surface area contributed by atoms with Gasteiger partial charge in [0.15, 0.2) is 0 Å². The van der Waals surface area contributed by atoms with E-state index in [-0.39, 0.29) is 11.9 Å². The Bertz CT molecular complexity index is 806. The highest BCUT2D eigenvalue weighted by atomic mass is 16.1. The number of nitrogens with zero attached hydrogens (tertiary/aromatic N) is 5. The minimum absolute atomic E-state index is 0.0109. The van der Waals surface area contributed by atoms with Gasteiger partial charge in [-0.05, 0) is 32.0 Å². The molecule has 1 N–H and O–H groups in total. The lowest BCUT2D eigenvalue weighted by atomic mass is 10.3. The van der Waals surface area contributed by atoms with E-state index in [0.717, 1.165) is 16.7 Å². The third kappa shape index (κ3) is 3.56. The Kier molecular flexibility index (Phi) is 4.36. The van der Waals surface area contributed by atoms with Gasteiger partial charge in [-0.3, -0.25) is 9.48 Å². The lowest BCUT2D eigenvalue weighted by Gasteiger charge is -2.14. The quantitative estimate of drug-likeness (QED) is 0.749. The highest BCUT2D eigenvalue weighted by Crippen LogP contribution is 2.10. The average Bonchev–Trinajstić information content (AvgIpc) is 3.12. The van der Waals surface area contributed by atoms with Crippen molar-refractivity contribution in [2.75, 3.05) is 0 Å². The molecule has 0 saturated carbocycles. The van der Waals surface area contributed by atoms with Crippen LogP contribution in [-0.4, -0.2) is 36.7 Å². The first-order valence-electron chi connectivity index (χ1n) is 7.69. The number of aromatic nitrogens is 5. The van der Waals surface area contributed by atoms with E-state index < -0.39 is 0 Å². The van der Waals surface area contributed by atoms with E-state index in [2.05, 4.69) is 20.7 Å². The van der Waals surface area contributed by atoms with Crippen molar-refractivity contribution in [1.29, 1.82) is 0 Å². The number of hydrogen-bond acceptors (Lipinski definition) is 4. The van der Waals surface area contributed by atoms with Gasteiger partial charge >= 0.3 is 0 Å². The molecule has 2 heterocycles. The van der Waals surface area contributed by atoms with E-state index in [1.54, 1.807) is 6.20 Å². The first-order chi connectivity index (χ1) is 11.1. The summed E-state index contributed by atoms with van der Waals surface area (Å²) in [5.74, 6) is 0.0109. The van der Waals surface area contributed by atoms with Crippen LogP contribution in [0.3, 0.4) is 0 Å². The molecular formula is C16H20N6O. The number of carbonyl (C=O) groups excluding carboxylic acids is 1. The molecule has 120 valence electrons. The smallest absolute Gasteiger partial charge is 0.222 e. The normalized spacial score (nSPS) is 12.4. The number of hydrogen-bond donors (Lipinski definition) is 1. The molecule has 23 heavy (non-hydrogen) atoms. The van der Waals surface area contributed by atoms with Crippen LogP contribution in [-0.2, 0) is 17.9 Å². The van der Waals surface area contributed by atoms with Crippen LogP contribution in [0.1, 0.15) is 19.0 Å². The number of carbonyl (C=O) groups is 1. The molecule has 0 aliphatic heterocycles. The second-order valence-corrected chi connectivity index (χ2v) is 5.67. The Morgan fingerprint density at radius 2 is 2.09 bits per heavy atom. The predicted octanol–water partition coefficient (Wildman–Crippen LogP) is 1.53. The van der Waals surface area contributed by atoms with Crippen molar-refractivity contribution in [3.8, 4) is 0 Å². The van der Waals surface area contributed by atoms with Gasteiger partial charge in [-0.25, -0.2) is 4.68 Å². The molecule has 2 aromatic heterocycles. The SMILES string of the molecule is Cc1ccnn1CCC(=O)N[C@H](C)Cn1nnc2ccccc21. The van der Waals surface area contributed by atoms with Crippen LogP contribution in [0.4, 0.5) is 0 Å². The number of amides is 1. The summed E-state index contributed by atoms with van der Waals surface area (Å²) in [6.07, 6.45) is 2.15. The molecule has 0 bridgehead atoms. The molecular weight excluding hydrogens is 292 g/mol. The topological polar surface area (TPSA) is 77.6 Å². The highest BCUT2D eigenvalue weighted by Gasteiger charge is 2.11. The molecule has 3 aromatic rings. The van der Waals surface area contributed by atoms with Crippen molar-refractivity contribution >= 4 is 16.9 Å². The molecule has 0 saturated heterocycles. The van der Waals surface area contributed by atoms with Crippen LogP contribution in [0.2, 0.25) is 0 Å². The lowest BCUT2D eigenvalue weighted by molar-refractivity contribution is -0.122. The van der Waals surface area contributed by atoms with Gasteiger partial charge < -0.3 is 5.32 Å². The highest BCUT2D eigenvalue weighted by molar-refractivity contribution is 5.76. The van der Waals surface area contributed by atoms with Gasteiger partial charge in [0.2, 0.25) is 5.91 Å². The summed E-state index contributed by atoms with van der Waals surface area (Å²) in [7, 11) is 0. The van der Waals surface area contributed by atoms with Crippen molar-refractivity contribution in [1.82, 2.24) is 30.1 Å². The largest absolute Gasteiger partial charge is 0.352 e. The third-order valence-corrected chi connectivity index (χ3v) is 3.75. The summed E-state index contributed by atoms with van der Waals surface area (Å²) < 4.78 is 3.65. The summed E-state index contributed by atoms with van der Waals surface area (Å²) in [5.41, 5.74) is 2.89. The molecule has 1 atom stereocenters. The molecule has 1 aromatic carbocycles. The molecule has 0 fully saturated rings. The van der Waals surface area contributed by atoms with Gasteiger partial charge in [0.25, 0.3) is 0 Å². The zero-order chi connectivity index (χ0) is 16.2. The number of benzene rings is 1. The lowest BCUT2D eigenvalue weighted by Crippen LogP contribution is -2.36. The van der Waals surface area contributed by atoms with Crippen LogP contribution in [0.5, 0.6) is 0 Å². The average molecular weight is 312 g/mol. The summed E-state index contributed by atoms with van der Waals surface area (Å²) in [6.45, 7) is 5.12. The number of para-hydroxylation sites is 1. The number of aryl methyl sites for hydroxylation is 2. The fourth-order valence-corrected chi connectivity index (χ4v) is 2.54. The van der Waals surface area contributed by atoms with Gasteiger partial charge in [0.05, 0.1) is 12.1 Å². The molecule has 3 rings (SSSR count). The van der Waals surface area contributed by atoms with Crippen molar-refractivity contribution in [3.63, 3.8) is 0 Å². The van der Waals surface area contributed by atoms with E-state index in [1.807, 2.05) is 53.5 Å². The third-order valence-electron chi connectivity index (χ3n) is 3.75. The van der Waals surface area contributed by atoms with Gasteiger partial charge in [-0.15, -0.1) is 5.10 Å². The van der Waals surface area contributed by atoms with Gasteiger partial charge in [-0.1, -0.05) is 17.3 Å². The van der Waals surface area contributed by atoms with E-state index in [1.165, 1.54) is 0 Å². The predicted molar refractivity (Wildman–Crippen MR) is 86.7 cm³/mol. The Labute approximate surface area is 134 Å². The molecule has 0 spiro atoms. The Balaban J connectivity index is 1.53. The molecule has 0 unspecified atom stereocenters. The standard InChI is InChI=1S/C16H20N6O/c1-12(11-22-15-6-4-3-5-14(15)19-20-22)18-16(23)8-10-21-13(2)7-9-17-21/h3-7,9,12H,8,10-11H2,1-2H3,(H,18,23)/t12-/m1/s1. The zero-order valence-electron chi connectivity index (χ0n) is 13.3. The minimum Gasteiger partial charge on any atom is -0.352 e. The molecule has 1 amide bonds. The van der Waals surface area contributed by atoms with E-state index in [9.17, 15) is 4.79 Å². The van der Waals surface area contributed by atoms with Gasteiger partial charge in [0.1, 0.15) is 5.52 Å². The van der Waals surface area contributed by atoms with E-state index in [4.69, 9.17) is 0 Å². The summed E-state index contributed by atoms with van der Waals surface area (Å²) >= 11 is 0. The first-order valence-corrected chi connectivity index (χ1v) is 7.69. The maximum Gasteiger partial charge on any atom is 0.222 e. The monoisotopic (exact) mass is 312 g/mol. The van der Waals surface area contributed by atoms with Crippen LogP contribution in [0, 0.1) is 6.92 Å². The van der Waals surface area contributed by atoms with Crippen molar-refractivity contribution < 1.29 is 4.79 Å². The molecule has 7 nitrogen and oxygen atoms in total. The number of nitrogens with one attached hydrogen (secondary N) is 1. The maximum absolute atomic E-state index is 12.1. The van der Waals surface area contributed by atoms with E-state index >= 15 is 0 Å². The van der Waals surface area contributed by atoms with Crippen LogP contribution in [0.15, 0.2) is 36.5 Å². The maximum atomic E-state index is 12.1. The molecule has 0 aliphatic rings. The van der Waals surface area contributed by atoms with Crippen molar-refractivity contribution in [2.45, 2.75) is 39.4 Å². The summed E-state index contributed by atoms with van der Waals surface area (Å²) in [4.78, 5) is 12.1. The Hall–Kier alpha value is -2.70. The second kappa shape index (κ2) is 6.60. The van der Waals surface area contributed by atoms with Crippen molar-refractivity contribution in [3.05, 3.63) is 42.2 Å². The van der Waals surface area contributed by atoms with Crippen molar-refractivity contribution in [2.24, 2.45) is 0 Å². The summed E-state index contributed by atoms with van der Waals surface area (Å²) in [5, 5.41) is 15.4. The molecule has 0 radical (unpaired) electrons. The number of rotatable bonds is 6. The van der Waals surface area contributed by atoms with Crippen LogP contribution < -0.4 is 5.32 Å².